The molecule has 1 unspecified atom stereocenters. The number of carbonyl (C=O) groups excluding carboxylic acids is 3. The Morgan fingerprint density at radius 1 is 1.04 bits per heavy atom. The van der Waals surface area contributed by atoms with E-state index < -0.39 is 0 Å². The minimum atomic E-state index is -0.269. The summed E-state index contributed by atoms with van der Waals surface area (Å²) < 4.78 is 0. The standard InChI is InChI=1S/C18H26N4O3/c1-12-5-4-6-13(2)18(12)21-15(23)9-19-16(24)10-22(3)11-17(25)20-14-7-8-14/h4-6,14H,7-11H2,1-3H3,(H,19,24)(H,20,25)(H,21,23)/p+1. The van der Waals surface area contributed by atoms with Crippen molar-refractivity contribution < 1.29 is 19.3 Å². The second-order valence-electron chi connectivity index (χ2n) is 6.74. The molecule has 2 rings (SSSR count). The van der Waals surface area contributed by atoms with Gasteiger partial charge in [-0.25, -0.2) is 0 Å². The molecule has 1 atom stereocenters. The Morgan fingerprint density at radius 3 is 2.24 bits per heavy atom. The van der Waals surface area contributed by atoms with Crippen molar-refractivity contribution in [1.82, 2.24) is 10.6 Å². The van der Waals surface area contributed by atoms with Gasteiger partial charge in [0, 0.05) is 11.7 Å². The average molecular weight is 347 g/mol. The summed E-state index contributed by atoms with van der Waals surface area (Å²) in [6.45, 7) is 4.15. The molecule has 1 aliphatic carbocycles. The van der Waals surface area contributed by atoms with Gasteiger partial charge in [0.05, 0.1) is 13.6 Å². The van der Waals surface area contributed by atoms with E-state index in [0.717, 1.165) is 34.6 Å². The predicted octanol–water partition coefficient (Wildman–Crippen LogP) is -0.849. The molecule has 0 aliphatic heterocycles. The maximum absolute atomic E-state index is 12.0. The maximum atomic E-state index is 12.0. The monoisotopic (exact) mass is 347 g/mol. The van der Waals surface area contributed by atoms with Crippen molar-refractivity contribution in [3.8, 4) is 0 Å². The van der Waals surface area contributed by atoms with E-state index in [4.69, 9.17) is 0 Å². The summed E-state index contributed by atoms with van der Waals surface area (Å²) in [4.78, 5) is 36.4. The van der Waals surface area contributed by atoms with Crippen LogP contribution in [0.4, 0.5) is 5.69 Å². The second kappa shape index (κ2) is 8.62. The van der Waals surface area contributed by atoms with Crippen molar-refractivity contribution in [3.05, 3.63) is 29.3 Å². The zero-order chi connectivity index (χ0) is 18.4. The van der Waals surface area contributed by atoms with Crippen LogP contribution in [0.3, 0.4) is 0 Å². The van der Waals surface area contributed by atoms with Crippen LogP contribution in [0.1, 0.15) is 24.0 Å². The number of quaternary nitrogens is 1. The van der Waals surface area contributed by atoms with E-state index in [2.05, 4.69) is 16.0 Å². The predicted molar refractivity (Wildman–Crippen MR) is 95.3 cm³/mol. The first-order chi connectivity index (χ1) is 11.8. The van der Waals surface area contributed by atoms with Gasteiger partial charge in [0.15, 0.2) is 13.1 Å². The van der Waals surface area contributed by atoms with E-state index in [9.17, 15) is 14.4 Å². The van der Waals surface area contributed by atoms with Crippen LogP contribution in [0.15, 0.2) is 18.2 Å². The van der Waals surface area contributed by atoms with Gasteiger partial charge >= 0.3 is 0 Å². The fourth-order valence-electron chi connectivity index (χ4n) is 2.55. The van der Waals surface area contributed by atoms with Crippen molar-refractivity contribution in [1.29, 1.82) is 0 Å². The lowest BCUT2D eigenvalue weighted by atomic mass is 10.1. The molecule has 0 saturated heterocycles. The van der Waals surface area contributed by atoms with Crippen LogP contribution in [-0.2, 0) is 14.4 Å². The van der Waals surface area contributed by atoms with E-state index in [-0.39, 0.29) is 37.4 Å². The Balaban J connectivity index is 1.69. The number of benzene rings is 1. The summed E-state index contributed by atoms with van der Waals surface area (Å²) in [5, 5.41) is 8.31. The lowest BCUT2D eigenvalue weighted by molar-refractivity contribution is -0.862. The molecular weight excluding hydrogens is 320 g/mol. The quantitative estimate of drug-likeness (QED) is 0.494. The fraction of sp³-hybridized carbons (Fsp3) is 0.500. The van der Waals surface area contributed by atoms with Crippen LogP contribution in [0, 0.1) is 13.8 Å². The molecule has 25 heavy (non-hydrogen) atoms. The molecule has 1 aromatic carbocycles. The molecule has 1 aromatic rings. The Morgan fingerprint density at radius 2 is 1.64 bits per heavy atom. The van der Waals surface area contributed by atoms with Crippen LogP contribution in [0.5, 0.6) is 0 Å². The number of anilines is 1. The molecule has 0 aromatic heterocycles. The number of hydrogen-bond acceptors (Lipinski definition) is 3. The molecule has 1 aliphatic rings. The van der Waals surface area contributed by atoms with Crippen molar-refractivity contribution in [3.63, 3.8) is 0 Å². The third-order valence-corrected chi connectivity index (χ3v) is 4.06. The number of rotatable bonds is 8. The number of para-hydroxylation sites is 1. The van der Waals surface area contributed by atoms with Crippen LogP contribution >= 0.6 is 0 Å². The smallest absolute Gasteiger partial charge is 0.275 e. The van der Waals surface area contributed by atoms with Gasteiger partial charge in [0.25, 0.3) is 11.8 Å². The third kappa shape index (κ3) is 6.54. The minimum Gasteiger partial charge on any atom is -0.348 e. The molecule has 4 N–H and O–H groups in total. The Hall–Kier alpha value is -2.41. The molecule has 1 saturated carbocycles. The largest absolute Gasteiger partial charge is 0.348 e. The average Bonchev–Trinajstić information content (AvgIpc) is 3.32. The molecule has 0 bridgehead atoms. The first-order valence-electron chi connectivity index (χ1n) is 8.58. The van der Waals surface area contributed by atoms with E-state index in [0.29, 0.717) is 6.04 Å². The van der Waals surface area contributed by atoms with Gasteiger partial charge in [-0.15, -0.1) is 0 Å². The highest BCUT2D eigenvalue weighted by Crippen LogP contribution is 2.19. The van der Waals surface area contributed by atoms with Gasteiger partial charge in [0.1, 0.15) is 0 Å². The molecule has 136 valence electrons. The first kappa shape index (κ1) is 18.9. The highest BCUT2D eigenvalue weighted by molar-refractivity contribution is 5.95. The number of amides is 3. The van der Waals surface area contributed by atoms with Gasteiger partial charge in [-0.05, 0) is 37.8 Å². The van der Waals surface area contributed by atoms with Crippen molar-refractivity contribution in [2.75, 3.05) is 32.0 Å². The van der Waals surface area contributed by atoms with Crippen LogP contribution in [-0.4, -0.2) is 50.4 Å². The van der Waals surface area contributed by atoms with Crippen molar-refractivity contribution in [2.45, 2.75) is 32.7 Å². The number of hydrogen-bond donors (Lipinski definition) is 4. The normalized spacial score (nSPS) is 14.5. The summed E-state index contributed by atoms with van der Waals surface area (Å²) in [5.41, 5.74) is 2.73. The number of carbonyl (C=O) groups is 3. The fourth-order valence-corrected chi connectivity index (χ4v) is 2.55. The summed E-state index contributed by atoms with van der Waals surface area (Å²) in [6, 6.07) is 6.10. The molecule has 7 heteroatoms. The second-order valence-corrected chi connectivity index (χ2v) is 6.74. The number of nitrogens with one attached hydrogen (secondary N) is 4. The van der Waals surface area contributed by atoms with E-state index >= 15 is 0 Å². The SMILES string of the molecule is Cc1cccc(C)c1NC(=O)CNC(=O)C[NH+](C)CC(=O)NC1CC1. The molecule has 3 amide bonds. The van der Waals surface area contributed by atoms with E-state index in [1.807, 2.05) is 32.0 Å². The zero-order valence-corrected chi connectivity index (χ0v) is 15.1. The Labute approximate surface area is 148 Å². The summed E-state index contributed by atoms with van der Waals surface area (Å²) in [6.07, 6.45) is 2.08. The van der Waals surface area contributed by atoms with Crippen LogP contribution in [0.25, 0.3) is 0 Å². The van der Waals surface area contributed by atoms with Gasteiger partial charge in [-0.3, -0.25) is 14.4 Å². The Bertz CT molecular complexity index is 635. The lowest BCUT2D eigenvalue weighted by Gasteiger charge is -2.14. The highest BCUT2D eigenvalue weighted by atomic mass is 16.2. The van der Waals surface area contributed by atoms with Gasteiger partial charge < -0.3 is 20.9 Å². The summed E-state index contributed by atoms with van der Waals surface area (Å²) >= 11 is 0. The summed E-state index contributed by atoms with van der Waals surface area (Å²) in [7, 11) is 1.78. The van der Waals surface area contributed by atoms with Crippen molar-refractivity contribution in [2.24, 2.45) is 0 Å². The van der Waals surface area contributed by atoms with Gasteiger partial charge in [-0.1, -0.05) is 18.2 Å². The maximum Gasteiger partial charge on any atom is 0.275 e. The lowest BCUT2D eigenvalue weighted by Crippen LogP contribution is -3.11. The van der Waals surface area contributed by atoms with Crippen LogP contribution in [0.2, 0.25) is 0 Å². The molecule has 7 nitrogen and oxygen atoms in total. The van der Waals surface area contributed by atoms with Crippen molar-refractivity contribution >= 4 is 23.4 Å². The molecule has 0 radical (unpaired) electrons. The number of aryl methyl sites for hydroxylation is 2. The van der Waals surface area contributed by atoms with E-state index in [1.54, 1.807) is 7.05 Å². The van der Waals surface area contributed by atoms with Crippen LogP contribution < -0.4 is 20.9 Å². The van der Waals surface area contributed by atoms with E-state index in [1.165, 1.54) is 0 Å². The highest BCUT2D eigenvalue weighted by Gasteiger charge is 2.24. The summed E-state index contributed by atoms with van der Waals surface area (Å²) in [5.74, 6) is -0.566. The molecule has 0 spiro atoms. The van der Waals surface area contributed by atoms with Gasteiger partial charge in [0.2, 0.25) is 5.91 Å². The Kier molecular flexibility index (Phi) is 6.52. The molecule has 0 heterocycles. The van der Waals surface area contributed by atoms with Gasteiger partial charge in [-0.2, -0.15) is 0 Å². The topological polar surface area (TPSA) is 91.7 Å². The number of likely N-dealkylation sites (N-methyl/N-ethyl adjacent to an activating group) is 1. The first-order valence-corrected chi connectivity index (χ1v) is 8.58. The molecule has 1 fully saturated rings. The zero-order valence-electron chi connectivity index (χ0n) is 15.1. The minimum absolute atomic E-state index is 0.0411. The third-order valence-electron chi connectivity index (χ3n) is 4.06. The molecular formula is C18H27N4O3+.